The highest BCUT2D eigenvalue weighted by molar-refractivity contribution is 7.89. The quantitative estimate of drug-likeness (QED) is 0.742. The Balaban J connectivity index is 1.99. The molecule has 0 aromatic heterocycles. The van der Waals surface area contributed by atoms with Gasteiger partial charge in [0.05, 0.1) is 0 Å². The number of rotatable bonds is 6. The van der Waals surface area contributed by atoms with Crippen LogP contribution in [0.1, 0.15) is 6.92 Å². The minimum atomic E-state index is -4.34. The van der Waals surface area contributed by atoms with Crippen LogP contribution in [-0.4, -0.2) is 20.4 Å². The molecule has 25 heavy (non-hydrogen) atoms. The summed E-state index contributed by atoms with van der Waals surface area (Å²) in [5.74, 6) is -2.15. The Morgan fingerprint density at radius 1 is 1.16 bits per heavy atom. The van der Waals surface area contributed by atoms with Gasteiger partial charge in [-0.2, -0.15) is 0 Å². The average Bonchev–Trinajstić information content (AvgIpc) is 2.54. The second kappa shape index (κ2) is 7.77. The van der Waals surface area contributed by atoms with E-state index in [0.717, 1.165) is 24.3 Å². The number of carbonyl (C=O) groups excluding carboxylic acids is 1. The van der Waals surface area contributed by atoms with Crippen LogP contribution in [0.5, 0.6) is 5.75 Å². The van der Waals surface area contributed by atoms with Crippen LogP contribution in [0.2, 0.25) is 5.02 Å². The summed E-state index contributed by atoms with van der Waals surface area (Å²) in [4.78, 5) is 13.0. The molecule has 2 aromatic rings. The molecule has 0 saturated carbocycles. The smallest absolute Gasteiger partial charge is 0.275 e. The Kier molecular flexibility index (Phi) is 5.93. The third kappa shape index (κ3) is 5.12. The van der Waals surface area contributed by atoms with Crippen LogP contribution >= 0.6 is 11.6 Å². The fraction of sp³-hybridized carbons (Fsp3) is 0.133. The Labute approximate surface area is 147 Å². The van der Waals surface area contributed by atoms with E-state index in [2.05, 4.69) is 0 Å². The van der Waals surface area contributed by atoms with Crippen molar-refractivity contribution in [1.82, 2.24) is 10.3 Å². The lowest BCUT2D eigenvalue weighted by Crippen LogP contribution is -2.47. The predicted molar refractivity (Wildman–Crippen MR) is 86.4 cm³/mol. The number of hydrogen-bond donors (Lipinski definition) is 2. The first-order valence-electron chi connectivity index (χ1n) is 6.88. The lowest BCUT2D eigenvalue weighted by molar-refractivity contribution is -0.127. The molecule has 0 aliphatic carbocycles. The first-order chi connectivity index (χ1) is 11.7. The molecular formula is C15H13ClF2N2O4S. The number of carbonyl (C=O) groups is 1. The van der Waals surface area contributed by atoms with Gasteiger partial charge in [-0.3, -0.25) is 10.2 Å². The largest absolute Gasteiger partial charge is 0.481 e. The van der Waals surface area contributed by atoms with Crippen molar-refractivity contribution in [1.29, 1.82) is 0 Å². The van der Waals surface area contributed by atoms with E-state index in [1.807, 2.05) is 5.43 Å². The summed E-state index contributed by atoms with van der Waals surface area (Å²) in [6.45, 7) is 1.36. The number of halogens is 3. The number of hydrazine groups is 1. The minimum absolute atomic E-state index is 0.0294. The molecule has 0 aliphatic heterocycles. The second-order valence-electron chi connectivity index (χ2n) is 4.88. The lowest BCUT2D eigenvalue weighted by atomic mass is 10.3. The molecular weight excluding hydrogens is 378 g/mol. The van der Waals surface area contributed by atoms with E-state index in [-0.39, 0.29) is 10.8 Å². The maximum Gasteiger partial charge on any atom is 0.275 e. The van der Waals surface area contributed by atoms with E-state index < -0.39 is 38.6 Å². The van der Waals surface area contributed by atoms with E-state index in [4.69, 9.17) is 16.3 Å². The zero-order valence-electron chi connectivity index (χ0n) is 12.8. The van der Waals surface area contributed by atoms with E-state index in [1.54, 1.807) is 4.83 Å². The Bertz CT molecular complexity index is 876. The Morgan fingerprint density at radius 3 is 2.40 bits per heavy atom. The molecule has 2 aromatic carbocycles. The van der Waals surface area contributed by atoms with Crippen LogP contribution in [0.3, 0.4) is 0 Å². The summed E-state index contributed by atoms with van der Waals surface area (Å²) in [5.41, 5.74) is 1.92. The van der Waals surface area contributed by atoms with Gasteiger partial charge < -0.3 is 4.74 Å². The van der Waals surface area contributed by atoms with Gasteiger partial charge in [-0.25, -0.2) is 17.2 Å². The highest BCUT2D eigenvalue weighted by Gasteiger charge is 2.22. The van der Waals surface area contributed by atoms with Gasteiger partial charge in [-0.1, -0.05) is 11.6 Å². The fourth-order valence-corrected chi connectivity index (χ4v) is 2.80. The maximum atomic E-state index is 13.7. The number of amides is 1. The van der Waals surface area contributed by atoms with Crippen molar-refractivity contribution in [3.8, 4) is 5.75 Å². The van der Waals surface area contributed by atoms with Crippen molar-refractivity contribution in [3.05, 3.63) is 59.1 Å². The van der Waals surface area contributed by atoms with Gasteiger partial charge in [0.15, 0.2) is 6.10 Å². The molecule has 2 N–H and O–H groups in total. The van der Waals surface area contributed by atoms with Gasteiger partial charge in [0, 0.05) is 5.02 Å². The van der Waals surface area contributed by atoms with E-state index in [1.165, 1.54) is 25.1 Å². The SMILES string of the molecule is C[C@@H](Oc1ccc(F)cc1)C(=O)NNS(=O)(=O)c1ccc(Cl)cc1F. The van der Waals surface area contributed by atoms with Crippen LogP contribution in [0.25, 0.3) is 0 Å². The van der Waals surface area contributed by atoms with Gasteiger partial charge >= 0.3 is 0 Å². The predicted octanol–water partition coefficient (Wildman–Crippen LogP) is 2.40. The average molecular weight is 391 g/mol. The lowest BCUT2D eigenvalue weighted by Gasteiger charge is -2.15. The highest BCUT2D eigenvalue weighted by atomic mass is 35.5. The highest BCUT2D eigenvalue weighted by Crippen LogP contribution is 2.18. The van der Waals surface area contributed by atoms with Crippen LogP contribution in [0.4, 0.5) is 8.78 Å². The number of sulfonamides is 1. The standard InChI is InChI=1S/C15H13ClF2N2O4S/c1-9(24-12-5-3-11(17)4-6-12)15(21)19-20-25(22,23)14-7-2-10(16)8-13(14)18/h2-9,20H,1H3,(H,19,21)/t9-/m1/s1. The normalized spacial score (nSPS) is 12.5. The molecule has 0 spiro atoms. The number of nitrogens with one attached hydrogen (secondary N) is 2. The van der Waals surface area contributed by atoms with Crippen LogP contribution in [-0.2, 0) is 14.8 Å². The van der Waals surface area contributed by atoms with Crippen molar-refractivity contribution in [2.75, 3.05) is 0 Å². The molecule has 0 fully saturated rings. The molecule has 0 saturated heterocycles. The summed E-state index contributed by atoms with van der Waals surface area (Å²) >= 11 is 5.56. The molecule has 2 rings (SSSR count). The van der Waals surface area contributed by atoms with E-state index in [0.29, 0.717) is 0 Å². The molecule has 6 nitrogen and oxygen atoms in total. The van der Waals surface area contributed by atoms with Crippen molar-refractivity contribution < 1.29 is 26.7 Å². The Morgan fingerprint density at radius 2 is 1.80 bits per heavy atom. The van der Waals surface area contributed by atoms with Crippen molar-refractivity contribution in [3.63, 3.8) is 0 Å². The fourth-order valence-electron chi connectivity index (χ4n) is 1.74. The van der Waals surface area contributed by atoms with E-state index >= 15 is 0 Å². The monoisotopic (exact) mass is 390 g/mol. The molecule has 0 aliphatic rings. The van der Waals surface area contributed by atoms with Gasteiger partial charge in [0.25, 0.3) is 15.9 Å². The van der Waals surface area contributed by atoms with Crippen molar-refractivity contribution in [2.24, 2.45) is 0 Å². The summed E-state index contributed by atoms with van der Waals surface area (Å²) < 4.78 is 55.7. The third-order valence-corrected chi connectivity index (χ3v) is 4.50. The second-order valence-corrected chi connectivity index (χ2v) is 6.97. The molecule has 10 heteroatoms. The summed E-state index contributed by atoms with van der Waals surface area (Å²) in [7, 11) is -4.34. The topological polar surface area (TPSA) is 84.5 Å². The summed E-state index contributed by atoms with van der Waals surface area (Å²) in [6.07, 6.45) is -1.09. The first-order valence-corrected chi connectivity index (χ1v) is 8.74. The number of ether oxygens (including phenoxy) is 1. The van der Waals surface area contributed by atoms with Gasteiger partial charge in [-0.15, -0.1) is 4.83 Å². The molecule has 134 valence electrons. The Hall–Kier alpha value is -2.23. The van der Waals surface area contributed by atoms with Crippen LogP contribution in [0.15, 0.2) is 47.4 Å². The molecule has 0 unspecified atom stereocenters. The van der Waals surface area contributed by atoms with Gasteiger partial charge in [-0.05, 0) is 49.4 Å². The van der Waals surface area contributed by atoms with Gasteiger partial charge in [0.2, 0.25) is 0 Å². The third-order valence-electron chi connectivity index (χ3n) is 2.99. The first kappa shape index (κ1) is 19.1. The maximum absolute atomic E-state index is 13.7. The molecule has 0 bridgehead atoms. The molecule has 0 radical (unpaired) electrons. The number of hydrogen-bond acceptors (Lipinski definition) is 4. The summed E-state index contributed by atoms with van der Waals surface area (Å²) in [6, 6.07) is 7.90. The van der Waals surface area contributed by atoms with Gasteiger partial charge in [0.1, 0.15) is 22.3 Å². The van der Waals surface area contributed by atoms with E-state index in [9.17, 15) is 22.0 Å². The zero-order chi connectivity index (χ0) is 18.6. The minimum Gasteiger partial charge on any atom is -0.481 e. The zero-order valence-corrected chi connectivity index (χ0v) is 14.4. The number of benzene rings is 2. The van der Waals surface area contributed by atoms with Crippen LogP contribution < -0.4 is 15.0 Å². The summed E-state index contributed by atoms with van der Waals surface area (Å²) in [5, 5.41) is 0.0294. The van der Waals surface area contributed by atoms with Crippen molar-refractivity contribution >= 4 is 27.5 Å². The molecule has 1 amide bonds. The molecule has 1 atom stereocenters. The van der Waals surface area contributed by atoms with Crippen molar-refractivity contribution in [2.45, 2.75) is 17.9 Å². The molecule has 0 heterocycles. The van der Waals surface area contributed by atoms with Crippen LogP contribution in [0, 0.1) is 11.6 Å².